The average molecular weight is 270 g/mol. The first-order valence-corrected chi connectivity index (χ1v) is 6.34. The number of benzene rings is 1. The van der Waals surface area contributed by atoms with Gasteiger partial charge < -0.3 is 4.90 Å². The summed E-state index contributed by atoms with van der Waals surface area (Å²) in [6.07, 6.45) is 5.56. The van der Waals surface area contributed by atoms with Gasteiger partial charge in [-0.05, 0) is 36.6 Å². The van der Waals surface area contributed by atoms with Gasteiger partial charge in [0.1, 0.15) is 0 Å². The molecule has 90 valence electrons. The van der Waals surface area contributed by atoms with Gasteiger partial charge in [-0.15, -0.1) is 0 Å². The van der Waals surface area contributed by atoms with Gasteiger partial charge in [0.2, 0.25) is 5.91 Å². The summed E-state index contributed by atoms with van der Waals surface area (Å²) >= 11 is 11.7. The standard InChI is InChI=1S/C13H13Cl2NO/c14-11-5-3-10(9-12(11)15)4-6-13(17)16-7-1-2-8-16/h3-6,9H,1-2,7-8H2/b6-4+. The van der Waals surface area contributed by atoms with Crippen molar-refractivity contribution in [1.29, 1.82) is 0 Å². The number of hydrogen-bond acceptors (Lipinski definition) is 1. The fraction of sp³-hybridized carbons (Fsp3) is 0.308. The quantitative estimate of drug-likeness (QED) is 0.751. The van der Waals surface area contributed by atoms with Crippen molar-refractivity contribution >= 4 is 35.2 Å². The second kappa shape index (κ2) is 5.56. The molecule has 0 spiro atoms. The molecule has 1 aliphatic heterocycles. The van der Waals surface area contributed by atoms with Crippen molar-refractivity contribution < 1.29 is 4.79 Å². The van der Waals surface area contributed by atoms with Gasteiger partial charge in [-0.2, -0.15) is 0 Å². The number of hydrogen-bond donors (Lipinski definition) is 0. The molecule has 0 unspecified atom stereocenters. The summed E-state index contributed by atoms with van der Waals surface area (Å²) in [5, 5.41) is 1.03. The molecular weight excluding hydrogens is 257 g/mol. The fourth-order valence-corrected chi connectivity index (χ4v) is 2.13. The van der Waals surface area contributed by atoms with Crippen molar-refractivity contribution in [2.75, 3.05) is 13.1 Å². The van der Waals surface area contributed by atoms with E-state index in [0.717, 1.165) is 31.5 Å². The van der Waals surface area contributed by atoms with E-state index >= 15 is 0 Å². The third kappa shape index (κ3) is 3.24. The third-order valence-corrected chi connectivity index (χ3v) is 3.52. The number of amides is 1. The van der Waals surface area contributed by atoms with Crippen LogP contribution in [0.2, 0.25) is 10.0 Å². The van der Waals surface area contributed by atoms with Crippen molar-refractivity contribution in [2.24, 2.45) is 0 Å². The molecule has 0 N–H and O–H groups in total. The maximum Gasteiger partial charge on any atom is 0.246 e. The Balaban J connectivity index is 2.04. The summed E-state index contributed by atoms with van der Waals surface area (Å²) in [5.74, 6) is 0.0635. The Morgan fingerprint density at radius 3 is 2.53 bits per heavy atom. The molecular formula is C13H13Cl2NO. The molecule has 0 aromatic heterocycles. The summed E-state index contributed by atoms with van der Waals surface area (Å²) in [6.45, 7) is 1.73. The zero-order valence-corrected chi connectivity index (χ0v) is 10.8. The van der Waals surface area contributed by atoms with Gasteiger partial charge in [-0.1, -0.05) is 29.3 Å². The number of carbonyl (C=O) groups excluding carboxylic acids is 1. The van der Waals surface area contributed by atoms with E-state index in [9.17, 15) is 4.79 Å². The largest absolute Gasteiger partial charge is 0.339 e. The van der Waals surface area contributed by atoms with Crippen LogP contribution >= 0.6 is 23.2 Å². The van der Waals surface area contributed by atoms with Crippen LogP contribution in [-0.2, 0) is 4.79 Å². The van der Waals surface area contributed by atoms with E-state index in [0.29, 0.717) is 10.0 Å². The lowest BCUT2D eigenvalue weighted by Crippen LogP contribution is -2.25. The Bertz CT molecular complexity index is 451. The van der Waals surface area contributed by atoms with Crippen LogP contribution in [0.4, 0.5) is 0 Å². The zero-order valence-electron chi connectivity index (χ0n) is 9.33. The molecule has 1 saturated heterocycles. The Morgan fingerprint density at radius 2 is 1.88 bits per heavy atom. The number of halogens is 2. The first-order chi connectivity index (χ1) is 8.16. The molecule has 1 aromatic carbocycles. The van der Waals surface area contributed by atoms with E-state index in [1.54, 1.807) is 24.3 Å². The smallest absolute Gasteiger partial charge is 0.246 e. The van der Waals surface area contributed by atoms with E-state index in [1.165, 1.54) is 0 Å². The molecule has 1 aliphatic rings. The molecule has 0 bridgehead atoms. The number of likely N-dealkylation sites (tertiary alicyclic amines) is 1. The minimum atomic E-state index is 0.0635. The van der Waals surface area contributed by atoms with Gasteiger partial charge in [0, 0.05) is 19.2 Å². The fourth-order valence-electron chi connectivity index (χ4n) is 1.83. The van der Waals surface area contributed by atoms with Crippen molar-refractivity contribution in [3.8, 4) is 0 Å². The lowest BCUT2D eigenvalue weighted by molar-refractivity contribution is -0.124. The Labute approximate surface area is 111 Å². The van der Waals surface area contributed by atoms with Crippen molar-refractivity contribution in [3.63, 3.8) is 0 Å². The van der Waals surface area contributed by atoms with Gasteiger partial charge in [0.25, 0.3) is 0 Å². The number of carbonyl (C=O) groups is 1. The van der Waals surface area contributed by atoms with E-state index in [-0.39, 0.29) is 5.91 Å². The molecule has 0 aliphatic carbocycles. The predicted molar refractivity (Wildman–Crippen MR) is 71.3 cm³/mol. The summed E-state index contributed by atoms with van der Waals surface area (Å²) in [4.78, 5) is 13.6. The highest BCUT2D eigenvalue weighted by atomic mass is 35.5. The molecule has 4 heteroatoms. The number of nitrogens with zero attached hydrogens (tertiary/aromatic N) is 1. The highest BCUT2D eigenvalue weighted by Gasteiger charge is 2.14. The molecule has 0 atom stereocenters. The van der Waals surface area contributed by atoms with Crippen LogP contribution in [0.1, 0.15) is 18.4 Å². The highest BCUT2D eigenvalue weighted by molar-refractivity contribution is 6.42. The summed E-state index contributed by atoms with van der Waals surface area (Å²) in [7, 11) is 0. The Morgan fingerprint density at radius 1 is 1.18 bits per heavy atom. The molecule has 2 rings (SSSR count). The molecule has 1 amide bonds. The van der Waals surface area contributed by atoms with Crippen molar-refractivity contribution in [1.82, 2.24) is 4.90 Å². The van der Waals surface area contributed by atoms with Crippen LogP contribution in [0, 0.1) is 0 Å². The van der Waals surface area contributed by atoms with Gasteiger partial charge >= 0.3 is 0 Å². The van der Waals surface area contributed by atoms with Crippen LogP contribution in [0.25, 0.3) is 6.08 Å². The van der Waals surface area contributed by atoms with Crippen molar-refractivity contribution in [3.05, 3.63) is 39.9 Å². The first-order valence-electron chi connectivity index (χ1n) is 5.59. The minimum absolute atomic E-state index is 0.0635. The normalized spacial score (nSPS) is 15.8. The van der Waals surface area contributed by atoms with Crippen LogP contribution in [0.5, 0.6) is 0 Å². The van der Waals surface area contributed by atoms with E-state index in [1.807, 2.05) is 11.0 Å². The monoisotopic (exact) mass is 269 g/mol. The van der Waals surface area contributed by atoms with Crippen molar-refractivity contribution in [2.45, 2.75) is 12.8 Å². The molecule has 1 fully saturated rings. The topological polar surface area (TPSA) is 20.3 Å². The minimum Gasteiger partial charge on any atom is -0.339 e. The zero-order chi connectivity index (χ0) is 12.3. The predicted octanol–water partition coefficient (Wildman–Crippen LogP) is 3.63. The summed E-state index contributed by atoms with van der Waals surface area (Å²) in [6, 6.07) is 5.31. The van der Waals surface area contributed by atoms with Gasteiger partial charge in [-0.25, -0.2) is 0 Å². The first kappa shape index (κ1) is 12.5. The summed E-state index contributed by atoms with van der Waals surface area (Å²) < 4.78 is 0. The third-order valence-electron chi connectivity index (χ3n) is 2.78. The van der Waals surface area contributed by atoms with E-state index in [4.69, 9.17) is 23.2 Å². The maximum atomic E-state index is 11.8. The second-order valence-corrected chi connectivity index (χ2v) is 4.85. The Hall–Kier alpha value is -0.990. The van der Waals surface area contributed by atoms with Crippen LogP contribution in [0.15, 0.2) is 24.3 Å². The van der Waals surface area contributed by atoms with Gasteiger partial charge in [0.15, 0.2) is 0 Å². The highest BCUT2D eigenvalue weighted by Crippen LogP contribution is 2.23. The molecule has 1 heterocycles. The lowest BCUT2D eigenvalue weighted by Gasteiger charge is -2.11. The Kier molecular flexibility index (Phi) is 4.08. The lowest BCUT2D eigenvalue weighted by atomic mass is 10.2. The SMILES string of the molecule is O=C(/C=C/c1ccc(Cl)c(Cl)c1)N1CCCC1. The van der Waals surface area contributed by atoms with Gasteiger partial charge in [0.05, 0.1) is 10.0 Å². The molecule has 1 aromatic rings. The van der Waals surface area contributed by atoms with Gasteiger partial charge in [-0.3, -0.25) is 4.79 Å². The second-order valence-electron chi connectivity index (χ2n) is 4.04. The molecule has 2 nitrogen and oxygen atoms in total. The van der Waals surface area contributed by atoms with Crippen LogP contribution in [0.3, 0.4) is 0 Å². The van der Waals surface area contributed by atoms with Crippen LogP contribution in [-0.4, -0.2) is 23.9 Å². The van der Waals surface area contributed by atoms with E-state index in [2.05, 4.69) is 0 Å². The molecule has 0 saturated carbocycles. The average Bonchev–Trinajstić information content (AvgIpc) is 2.84. The maximum absolute atomic E-state index is 11.8. The number of rotatable bonds is 2. The van der Waals surface area contributed by atoms with Crippen LogP contribution < -0.4 is 0 Å². The summed E-state index contributed by atoms with van der Waals surface area (Å²) in [5.41, 5.74) is 0.881. The molecule has 17 heavy (non-hydrogen) atoms. The van der Waals surface area contributed by atoms with E-state index < -0.39 is 0 Å². The molecule has 0 radical (unpaired) electrons.